The summed E-state index contributed by atoms with van der Waals surface area (Å²) >= 11 is 0. The number of hydrogen-bond acceptors (Lipinski definition) is 5. The van der Waals surface area contributed by atoms with Gasteiger partial charge in [-0.2, -0.15) is 0 Å². The van der Waals surface area contributed by atoms with Crippen LogP contribution in [0.5, 0.6) is 0 Å². The normalized spacial score (nSPS) is 18.8. The van der Waals surface area contributed by atoms with Crippen LogP contribution in [0.3, 0.4) is 0 Å². The number of carbonyl (C=O) groups excluding carboxylic acids is 2. The second-order valence-electron chi connectivity index (χ2n) is 5.61. The molecule has 1 atom stereocenters. The Balaban J connectivity index is 1.79. The van der Waals surface area contributed by atoms with E-state index in [9.17, 15) is 9.59 Å². The number of benzene rings is 1. The third-order valence-corrected chi connectivity index (χ3v) is 3.66. The van der Waals surface area contributed by atoms with Crippen molar-refractivity contribution in [1.29, 1.82) is 0 Å². The zero-order valence-corrected chi connectivity index (χ0v) is 13.5. The van der Waals surface area contributed by atoms with Gasteiger partial charge in [0.1, 0.15) is 0 Å². The van der Waals surface area contributed by atoms with Crippen LogP contribution in [0.4, 0.5) is 10.5 Å². The lowest BCUT2D eigenvalue weighted by Crippen LogP contribution is -2.37. The first-order valence-corrected chi connectivity index (χ1v) is 7.58. The van der Waals surface area contributed by atoms with E-state index in [2.05, 4.69) is 20.3 Å². The van der Waals surface area contributed by atoms with Crippen LogP contribution in [0, 0.1) is 5.92 Å². The van der Waals surface area contributed by atoms with Crippen LogP contribution < -0.4 is 10.6 Å². The van der Waals surface area contributed by atoms with E-state index in [-0.39, 0.29) is 11.9 Å². The van der Waals surface area contributed by atoms with Crippen molar-refractivity contribution in [2.75, 3.05) is 52.3 Å². The average molecular weight is 321 g/mol. The molecule has 2 amide bonds. The third-order valence-electron chi connectivity index (χ3n) is 3.66. The van der Waals surface area contributed by atoms with Gasteiger partial charge >= 0.3 is 12.0 Å². The van der Waals surface area contributed by atoms with Crippen molar-refractivity contribution in [2.24, 2.45) is 5.92 Å². The van der Waals surface area contributed by atoms with E-state index < -0.39 is 5.97 Å². The van der Waals surface area contributed by atoms with Crippen LogP contribution in [0.25, 0.3) is 0 Å². The summed E-state index contributed by atoms with van der Waals surface area (Å²) in [5.41, 5.74) is 1.06. The monoisotopic (exact) mass is 321 g/mol. The molecule has 1 aromatic rings. The number of urea groups is 1. The molecule has 7 nitrogen and oxygen atoms in total. The highest BCUT2D eigenvalue weighted by Crippen LogP contribution is 2.10. The zero-order chi connectivity index (χ0) is 16.7. The van der Waals surface area contributed by atoms with Gasteiger partial charge in [-0.05, 0) is 31.3 Å². The van der Waals surface area contributed by atoms with E-state index in [0.29, 0.717) is 24.4 Å². The highest BCUT2D eigenvalue weighted by molar-refractivity contribution is 5.92. The maximum atomic E-state index is 11.9. The van der Waals surface area contributed by atoms with Crippen molar-refractivity contribution in [1.82, 2.24) is 10.2 Å². The number of ether oxygens (including phenoxy) is 2. The minimum atomic E-state index is -0.404. The summed E-state index contributed by atoms with van der Waals surface area (Å²) < 4.78 is 10.1. The molecule has 1 aliphatic heterocycles. The van der Waals surface area contributed by atoms with Crippen LogP contribution in [0.2, 0.25) is 0 Å². The summed E-state index contributed by atoms with van der Waals surface area (Å²) in [6, 6.07) is 6.26. The second-order valence-corrected chi connectivity index (χ2v) is 5.61. The fourth-order valence-corrected chi connectivity index (χ4v) is 2.40. The Hall–Kier alpha value is -2.12. The first kappa shape index (κ1) is 17.2. The topological polar surface area (TPSA) is 79.9 Å². The Morgan fingerprint density at radius 3 is 2.78 bits per heavy atom. The molecule has 2 N–H and O–H groups in total. The Labute approximate surface area is 135 Å². The molecular weight excluding hydrogens is 298 g/mol. The van der Waals surface area contributed by atoms with Gasteiger partial charge in [0.2, 0.25) is 0 Å². The molecule has 0 radical (unpaired) electrons. The van der Waals surface area contributed by atoms with Crippen LogP contribution >= 0.6 is 0 Å². The molecule has 0 aromatic heterocycles. The summed E-state index contributed by atoms with van der Waals surface area (Å²) in [4.78, 5) is 25.5. The number of likely N-dealkylation sites (N-methyl/N-ethyl adjacent to an activating group) is 1. The standard InChI is InChI=1S/C16H23N3O4/c1-19-7-8-23-11-12(10-19)9-17-16(21)18-14-5-3-13(4-6-14)15(20)22-2/h3-6,12H,7-11H2,1-2H3,(H2,17,18,21). The minimum Gasteiger partial charge on any atom is -0.465 e. The van der Waals surface area contributed by atoms with Gasteiger partial charge < -0.3 is 25.0 Å². The van der Waals surface area contributed by atoms with Gasteiger partial charge in [-0.1, -0.05) is 0 Å². The van der Waals surface area contributed by atoms with Gasteiger partial charge in [-0.15, -0.1) is 0 Å². The Morgan fingerprint density at radius 2 is 2.09 bits per heavy atom. The number of esters is 1. The zero-order valence-electron chi connectivity index (χ0n) is 13.5. The summed E-state index contributed by atoms with van der Waals surface area (Å²) in [5, 5.41) is 5.59. The fraction of sp³-hybridized carbons (Fsp3) is 0.500. The van der Waals surface area contributed by atoms with E-state index in [1.165, 1.54) is 7.11 Å². The lowest BCUT2D eigenvalue weighted by Gasteiger charge is -2.19. The number of carbonyl (C=O) groups is 2. The summed E-state index contributed by atoms with van der Waals surface area (Å²) in [5.74, 6) is -0.131. The van der Waals surface area contributed by atoms with Crippen LogP contribution in [0.1, 0.15) is 10.4 Å². The molecular formula is C16H23N3O4. The van der Waals surface area contributed by atoms with E-state index in [1.54, 1.807) is 24.3 Å². The molecule has 7 heteroatoms. The number of amides is 2. The largest absolute Gasteiger partial charge is 0.465 e. The predicted molar refractivity (Wildman–Crippen MR) is 86.6 cm³/mol. The Kier molecular flexibility index (Phi) is 6.37. The van der Waals surface area contributed by atoms with Crippen molar-refractivity contribution >= 4 is 17.7 Å². The molecule has 0 bridgehead atoms. The maximum absolute atomic E-state index is 11.9. The van der Waals surface area contributed by atoms with Gasteiger partial charge in [0.15, 0.2) is 0 Å². The van der Waals surface area contributed by atoms with E-state index in [1.807, 2.05) is 7.05 Å². The number of anilines is 1. The molecule has 0 aliphatic carbocycles. The minimum absolute atomic E-state index is 0.273. The molecule has 0 saturated carbocycles. The lowest BCUT2D eigenvalue weighted by atomic mass is 10.1. The Bertz CT molecular complexity index is 533. The first-order valence-electron chi connectivity index (χ1n) is 7.58. The predicted octanol–water partition coefficient (Wildman–Crippen LogP) is 1.17. The quantitative estimate of drug-likeness (QED) is 0.814. The molecule has 1 saturated heterocycles. The van der Waals surface area contributed by atoms with E-state index in [4.69, 9.17) is 4.74 Å². The summed E-state index contributed by atoms with van der Waals surface area (Å²) in [6.45, 7) is 3.74. The fourth-order valence-electron chi connectivity index (χ4n) is 2.40. The first-order chi connectivity index (χ1) is 11.1. The SMILES string of the molecule is COC(=O)c1ccc(NC(=O)NCC2COCCN(C)C2)cc1. The summed E-state index contributed by atoms with van der Waals surface area (Å²) in [7, 11) is 3.38. The van der Waals surface area contributed by atoms with E-state index >= 15 is 0 Å². The molecule has 1 heterocycles. The number of nitrogens with one attached hydrogen (secondary N) is 2. The molecule has 1 fully saturated rings. The van der Waals surface area contributed by atoms with Gasteiger partial charge in [-0.25, -0.2) is 9.59 Å². The molecule has 126 valence electrons. The number of methoxy groups -OCH3 is 1. The third kappa shape index (κ3) is 5.54. The number of hydrogen-bond donors (Lipinski definition) is 2. The highest BCUT2D eigenvalue weighted by atomic mass is 16.5. The van der Waals surface area contributed by atoms with Crippen molar-refractivity contribution in [3.63, 3.8) is 0 Å². The molecule has 1 unspecified atom stereocenters. The van der Waals surface area contributed by atoms with Gasteiger partial charge in [0.25, 0.3) is 0 Å². The van der Waals surface area contributed by atoms with Crippen molar-refractivity contribution in [3.8, 4) is 0 Å². The molecule has 1 aromatic carbocycles. The van der Waals surface area contributed by atoms with Crippen molar-refractivity contribution in [3.05, 3.63) is 29.8 Å². The molecule has 1 aliphatic rings. The van der Waals surface area contributed by atoms with Crippen LogP contribution in [-0.2, 0) is 9.47 Å². The molecule has 23 heavy (non-hydrogen) atoms. The van der Waals surface area contributed by atoms with Crippen molar-refractivity contribution < 1.29 is 19.1 Å². The van der Waals surface area contributed by atoms with E-state index in [0.717, 1.165) is 19.7 Å². The van der Waals surface area contributed by atoms with Gasteiger partial charge in [-0.3, -0.25) is 0 Å². The Morgan fingerprint density at radius 1 is 1.35 bits per heavy atom. The number of rotatable bonds is 4. The lowest BCUT2D eigenvalue weighted by molar-refractivity contribution is 0.0600. The van der Waals surface area contributed by atoms with Crippen LogP contribution in [0.15, 0.2) is 24.3 Å². The van der Waals surface area contributed by atoms with Crippen LogP contribution in [-0.4, -0.2) is 63.9 Å². The highest BCUT2D eigenvalue weighted by Gasteiger charge is 2.16. The van der Waals surface area contributed by atoms with Gasteiger partial charge in [0, 0.05) is 31.2 Å². The second kappa shape index (κ2) is 8.50. The smallest absolute Gasteiger partial charge is 0.337 e. The average Bonchev–Trinajstić information content (AvgIpc) is 2.77. The summed E-state index contributed by atoms with van der Waals surface area (Å²) in [6.07, 6.45) is 0. The molecule has 0 spiro atoms. The van der Waals surface area contributed by atoms with Gasteiger partial charge in [0.05, 0.1) is 25.9 Å². The maximum Gasteiger partial charge on any atom is 0.337 e. The molecule has 2 rings (SSSR count). The van der Waals surface area contributed by atoms with Crippen molar-refractivity contribution in [2.45, 2.75) is 0 Å². The number of nitrogens with zero attached hydrogens (tertiary/aromatic N) is 1.